The number of aryl methyl sites for hydroxylation is 1. The summed E-state index contributed by atoms with van der Waals surface area (Å²) in [4.78, 5) is 31.7. The second-order valence-electron chi connectivity index (χ2n) is 6.23. The Bertz CT molecular complexity index is 1040. The second kappa shape index (κ2) is 9.80. The number of amides is 2. The maximum absolute atomic E-state index is 12.1. The Labute approximate surface area is 181 Å². The van der Waals surface area contributed by atoms with Crippen molar-refractivity contribution in [2.24, 2.45) is 0 Å². The number of nitrogens with zero attached hydrogens (tertiary/aromatic N) is 1. The molecule has 3 aromatic rings. The second-order valence-corrected chi connectivity index (χ2v) is 8.11. The molecule has 29 heavy (non-hydrogen) atoms. The number of H-pyrrole nitrogens is 1. The summed E-state index contributed by atoms with van der Waals surface area (Å²) in [6.45, 7) is 4.33. The van der Waals surface area contributed by atoms with Crippen molar-refractivity contribution in [3.8, 4) is 5.75 Å². The zero-order valence-corrected chi connectivity index (χ0v) is 18.4. The van der Waals surface area contributed by atoms with Gasteiger partial charge in [0.2, 0.25) is 11.8 Å². The molecule has 0 aliphatic rings. The molecule has 0 bridgehead atoms. The zero-order valence-electron chi connectivity index (χ0n) is 16.0. The van der Waals surface area contributed by atoms with Crippen molar-refractivity contribution in [1.29, 1.82) is 0 Å². The molecule has 0 spiro atoms. The van der Waals surface area contributed by atoms with Gasteiger partial charge in [-0.05, 0) is 49.7 Å². The molecule has 2 aromatic carbocycles. The van der Waals surface area contributed by atoms with Gasteiger partial charge in [0.1, 0.15) is 5.75 Å². The van der Waals surface area contributed by atoms with E-state index < -0.39 is 0 Å². The van der Waals surface area contributed by atoms with Crippen molar-refractivity contribution < 1.29 is 14.3 Å². The summed E-state index contributed by atoms with van der Waals surface area (Å²) in [7, 11) is 0. The summed E-state index contributed by atoms with van der Waals surface area (Å²) in [6.07, 6.45) is 0. The number of halogens is 1. The summed E-state index contributed by atoms with van der Waals surface area (Å²) >= 11 is 4.66. The first kappa shape index (κ1) is 21.2. The topological polar surface area (TPSA) is 96.1 Å². The molecule has 0 aliphatic carbocycles. The summed E-state index contributed by atoms with van der Waals surface area (Å²) < 4.78 is 6.42. The Morgan fingerprint density at radius 2 is 2.03 bits per heavy atom. The molecule has 152 valence electrons. The first-order chi connectivity index (χ1) is 13.9. The van der Waals surface area contributed by atoms with Gasteiger partial charge in [0.05, 0.1) is 29.9 Å². The monoisotopic (exact) mass is 476 g/mol. The van der Waals surface area contributed by atoms with Crippen molar-refractivity contribution in [2.45, 2.75) is 19.0 Å². The molecule has 7 nitrogen and oxygen atoms in total. The Balaban J connectivity index is 1.47. The van der Waals surface area contributed by atoms with Gasteiger partial charge in [-0.3, -0.25) is 9.59 Å². The number of ether oxygens (including phenoxy) is 1. The maximum atomic E-state index is 12.1. The molecule has 1 aromatic heterocycles. The first-order valence-electron chi connectivity index (χ1n) is 9.02. The minimum absolute atomic E-state index is 0.0905. The van der Waals surface area contributed by atoms with E-state index in [1.807, 2.05) is 50.2 Å². The standard InChI is InChI=1S/C20H21BrN4O3S/c1-3-28-14-5-7-16-17(9-14)25-20(24-16)29-11-19(27)22-10-18(26)23-15-6-4-13(21)8-12(15)2/h4-9H,3,10-11H2,1-2H3,(H,22,27)(H,23,26)(H,24,25). The average molecular weight is 477 g/mol. The Hall–Kier alpha value is -2.52. The van der Waals surface area contributed by atoms with E-state index >= 15 is 0 Å². The number of benzene rings is 2. The van der Waals surface area contributed by atoms with Gasteiger partial charge in [-0.1, -0.05) is 27.7 Å². The molecule has 1 heterocycles. The van der Waals surface area contributed by atoms with Crippen LogP contribution in [-0.2, 0) is 9.59 Å². The van der Waals surface area contributed by atoms with Gasteiger partial charge in [0.15, 0.2) is 5.16 Å². The third-order valence-electron chi connectivity index (χ3n) is 3.99. The minimum Gasteiger partial charge on any atom is -0.494 e. The lowest BCUT2D eigenvalue weighted by Gasteiger charge is -2.09. The summed E-state index contributed by atoms with van der Waals surface area (Å²) in [6, 6.07) is 11.2. The highest BCUT2D eigenvalue weighted by molar-refractivity contribution is 9.10. The van der Waals surface area contributed by atoms with Crippen LogP contribution in [0.4, 0.5) is 5.69 Å². The quantitative estimate of drug-likeness (QED) is 0.428. The molecule has 0 unspecified atom stereocenters. The van der Waals surface area contributed by atoms with Gasteiger partial charge in [0.25, 0.3) is 0 Å². The highest BCUT2D eigenvalue weighted by Crippen LogP contribution is 2.23. The number of carbonyl (C=O) groups excluding carboxylic acids is 2. The fourth-order valence-electron chi connectivity index (χ4n) is 2.62. The molecule has 2 amide bonds. The Morgan fingerprint density at radius 3 is 2.79 bits per heavy atom. The van der Waals surface area contributed by atoms with E-state index in [0.29, 0.717) is 11.8 Å². The number of carbonyl (C=O) groups is 2. The molecular formula is C20H21BrN4O3S. The van der Waals surface area contributed by atoms with E-state index in [9.17, 15) is 9.59 Å². The third-order valence-corrected chi connectivity index (χ3v) is 5.36. The number of hydrogen-bond donors (Lipinski definition) is 3. The van der Waals surface area contributed by atoms with Crippen molar-refractivity contribution in [1.82, 2.24) is 15.3 Å². The van der Waals surface area contributed by atoms with Crippen LogP contribution in [0, 0.1) is 6.92 Å². The van der Waals surface area contributed by atoms with Gasteiger partial charge >= 0.3 is 0 Å². The lowest BCUT2D eigenvalue weighted by molar-refractivity contribution is -0.122. The van der Waals surface area contributed by atoms with Crippen molar-refractivity contribution in [3.63, 3.8) is 0 Å². The SMILES string of the molecule is CCOc1ccc2nc(SCC(=O)NCC(=O)Nc3ccc(Br)cc3C)[nH]c2c1. The van der Waals surface area contributed by atoms with Crippen LogP contribution in [0.3, 0.4) is 0 Å². The number of rotatable bonds is 8. The first-order valence-corrected chi connectivity index (χ1v) is 10.8. The van der Waals surface area contributed by atoms with E-state index in [1.165, 1.54) is 11.8 Å². The lowest BCUT2D eigenvalue weighted by Crippen LogP contribution is -2.34. The fourth-order valence-corrected chi connectivity index (χ4v) is 3.81. The highest BCUT2D eigenvalue weighted by Gasteiger charge is 2.10. The Kier molecular flexibility index (Phi) is 7.16. The molecule has 0 atom stereocenters. The van der Waals surface area contributed by atoms with Crippen LogP contribution in [0.25, 0.3) is 11.0 Å². The van der Waals surface area contributed by atoms with Crippen LogP contribution in [-0.4, -0.2) is 40.7 Å². The summed E-state index contributed by atoms with van der Waals surface area (Å²) in [5.74, 6) is 0.405. The van der Waals surface area contributed by atoms with E-state index in [1.54, 1.807) is 0 Å². The van der Waals surface area contributed by atoms with Gasteiger partial charge in [-0.15, -0.1) is 0 Å². The number of aromatic nitrogens is 2. The average Bonchev–Trinajstić information content (AvgIpc) is 3.09. The van der Waals surface area contributed by atoms with Gasteiger partial charge in [-0.2, -0.15) is 0 Å². The number of thioether (sulfide) groups is 1. The van der Waals surface area contributed by atoms with E-state index in [4.69, 9.17) is 4.74 Å². The molecule has 0 radical (unpaired) electrons. The van der Waals surface area contributed by atoms with Gasteiger partial charge in [0, 0.05) is 16.2 Å². The zero-order chi connectivity index (χ0) is 20.8. The minimum atomic E-state index is -0.277. The largest absolute Gasteiger partial charge is 0.494 e. The van der Waals surface area contributed by atoms with E-state index in [2.05, 4.69) is 36.5 Å². The van der Waals surface area contributed by atoms with E-state index in [0.717, 1.165) is 32.5 Å². The van der Waals surface area contributed by atoms with Crippen LogP contribution in [0.2, 0.25) is 0 Å². The molecule has 3 rings (SSSR count). The molecule has 0 aliphatic heterocycles. The summed E-state index contributed by atoms with van der Waals surface area (Å²) in [5.41, 5.74) is 3.31. The molecule has 9 heteroatoms. The number of hydrogen-bond acceptors (Lipinski definition) is 5. The van der Waals surface area contributed by atoms with E-state index in [-0.39, 0.29) is 24.1 Å². The smallest absolute Gasteiger partial charge is 0.243 e. The fraction of sp³-hybridized carbons (Fsp3) is 0.250. The number of nitrogens with one attached hydrogen (secondary N) is 3. The van der Waals surface area contributed by atoms with Crippen LogP contribution in [0.15, 0.2) is 46.0 Å². The maximum Gasteiger partial charge on any atom is 0.243 e. The third kappa shape index (κ3) is 5.98. The Morgan fingerprint density at radius 1 is 1.21 bits per heavy atom. The lowest BCUT2D eigenvalue weighted by atomic mass is 10.2. The van der Waals surface area contributed by atoms with Crippen molar-refractivity contribution in [2.75, 3.05) is 24.2 Å². The van der Waals surface area contributed by atoms with Crippen LogP contribution in [0.1, 0.15) is 12.5 Å². The van der Waals surface area contributed by atoms with Crippen LogP contribution >= 0.6 is 27.7 Å². The summed E-state index contributed by atoms with van der Waals surface area (Å²) in [5, 5.41) is 6.05. The number of fused-ring (bicyclic) bond motifs is 1. The molecule has 0 saturated heterocycles. The molecule has 0 fully saturated rings. The van der Waals surface area contributed by atoms with Crippen molar-refractivity contribution in [3.05, 3.63) is 46.4 Å². The number of anilines is 1. The number of aromatic amines is 1. The van der Waals surface area contributed by atoms with Gasteiger partial charge in [-0.25, -0.2) is 4.98 Å². The predicted octanol–water partition coefficient (Wildman–Crippen LogP) is 3.88. The van der Waals surface area contributed by atoms with Crippen LogP contribution in [0.5, 0.6) is 5.75 Å². The molecular weight excluding hydrogens is 456 g/mol. The van der Waals surface area contributed by atoms with Gasteiger partial charge < -0.3 is 20.4 Å². The molecule has 0 saturated carbocycles. The predicted molar refractivity (Wildman–Crippen MR) is 119 cm³/mol. The van der Waals surface area contributed by atoms with Crippen molar-refractivity contribution >= 4 is 56.2 Å². The van der Waals surface area contributed by atoms with Crippen LogP contribution < -0.4 is 15.4 Å². The number of imidazole rings is 1. The normalized spacial score (nSPS) is 10.7. The molecule has 3 N–H and O–H groups in total. The highest BCUT2D eigenvalue weighted by atomic mass is 79.9.